The van der Waals surface area contributed by atoms with Crippen molar-refractivity contribution in [2.75, 3.05) is 46.4 Å². The van der Waals surface area contributed by atoms with E-state index in [1.165, 1.54) is 4.90 Å². The minimum absolute atomic E-state index is 0.00750. The van der Waals surface area contributed by atoms with Gasteiger partial charge in [-0.3, -0.25) is 19.2 Å². The number of carbonyl (C=O) groups excluding carboxylic acids is 4. The first-order valence-corrected chi connectivity index (χ1v) is 15.3. The third-order valence-electron chi connectivity index (χ3n) is 8.50. The number of hydrogen-bond donors (Lipinski definition) is 2. The Balaban J connectivity index is 1.65. The molecule has 2 aliphatic rings. The number of benzene rings is 2. The molecule has 2 heterocycles. The molecule has 10 heteroatoms. The largest absolute Gasteiger partial charge is 0.491 e. The summed E-state index contributed by atoms with van der Waals surface area (Å²) in [5, 5.41) is 6.02. The normalized spacial score (nSPS) is 23.0. The van der Waals surface area contributed by atoms with E-state index in [4.69, 9.17) is 4.74 Å². The zero-order valence-corrected chi connectivity index (χ0v) is 25.8. The van der Waals surface area contributed by atoms with Crippen molar-refractivity contribution in [3.63, 3.8) is 0 Å². The number of para-hydroxylation sites is 1. The Bertz CT molecular complexity index is 1260. The fraction of sp³-hybridized carbons (Fsp3) is 0.515. The number of rotatable bonds is 5. The highest BCUT2D eigenvalue weighted by Crippen LogP contribution is 2.21. The Hall–Kier alpha value is -3.92. The molecule has 0 unspecified atom stereocenters. The highest BCUT2D eigenvalue weighted by molar-refractivity contribution is 6.00. The number of ether oxygens (including phenoxy) is 1. The molecule has 10 nitrogen and oxygen atoms in total. The van der Waals surface area contributed by atoms with E-state index in [1.807, 2.05) is 44.2 Å². The second-order valence-corrected chi connectivity index (χ2v) is 11.7. The fourth-order valence-corrected chi connectivity index (χ4v) is 5.50. The van der Waals surface area contributed by atoms with Crippen molar-refractivity contribution < 1.29 is 23.9 Å². The van der Waals surface area contributed by atoms with Gasteiger partial charge in [0.2, 0.25) is 17.7 Å². The average Bonchev–Trinajstić information content (AvgIpc) is 3.03. The van der Waals surface area contributed by atoms with Crippen LogP contribution in [-0.4, -0.2) is 103 Å². The molecule has 0 aromatic heterocycles. The van der Waals surface area contributed by atoms with Crippen molar-refractivity contribution >= 4 is 23.6 Å². The first kappa shape index (κ1) is 32.0. The van der Waals surface area contributed by atoms with Gasteiger partial charge in [-0.15, -0.1) is 0 Å². The summed E-state index contributed by atoms with van der Waals surface area (Å²) >= 11 is 0. The van der Waals surface area contributed by atoms with Gasteiger partial charge in [0.05, 0.1) is 11.6 Å². The summed E-state index contributed by atoms with van der Waals surface area (Å²) in [4.78, 5) is 60.2. The van der Waals surface area contributed by atoms with Crippen LogP contribution in [-0.2, 0) is 20.8 Å². The summed E-state index contributed by atoms with van der Waals surface area (Å²) in [7, 11) is 1.63. The van der Waals surface area contributed by atoms with Gasteiger partial charge in [0.25, 0.3) is 5.91 Å². The molecule has 43 heavy (non-hydrogen) atoms. The SMILES string of the molecule is CCN1CCN(C(=O)[C@@H]2CCC(=O)N(C)[C@@H](Cc3ccccc3)C(=O)N[C@H](C(C)C)COc3ccccc3C(=O)N2)CC1. The van der Waals surface area contributed by atoms with Gasteiger partial charge in [-0.2, -0.15) is 0 Å². The molecule has 2 aliphatic heterocycles. The van der Waals surface area contributed by atoms with Gasteiger partial charge in [-0.05, 0) is 36.6 Å². The Morgan fingerprint density at radius 2 is 1.63 bits per heavy atom. The van der Waals surface area contributed by atoms with Crippen LogP contribution < -0.4 is 15.4 Å². The summed E-state index contributed by atoms with van der Waals surface area (Å²) in [6.45, 7) is 9.74. The highest BCUT2D eigenvalue weighted by Gasteiger charge is 2.33. The van der Waals surface area contributed by atoms with Crippen molar-refractivity contribution in [3.8, 4) is 5.75 Å². The minimum atomic E-state index is -0.902. The van der Waals surface area contributed by atoms with E-state index in [9.17, 15) is 19.2 Å². The molecule has 0 aliphatic carbocycles. The molecule has 1 saturated heterocycles. The van der Waals surface area contributed by atoms with E-state index < -0.39 is 18.0 Å². The lowest BCUT2D eigenvalue weighted by molar-refractivity contribution is -0.140. The van der Waals surface area contributed by atoms with Gasteiger partial charge in [0.1, 0.15) is 24.4 Å². The molecule has 0 bridgehead atoms. The molecule has 2 aromatic rings. The van der Waals surface area contributed by atoms with Crippen LogP contribution >= 0.6 is 0 Å². The number of piperazine rings is 1. The van der Waals surface area contributed by atoms with Gasteiger partial charge in [-0.25, -0.2) is 0 Å². The second-order valence-electron chi connectivity index (χ2n) is 11.7. The Labute approximate surface area is 254 Å². The first-order chi connectivity index (χ1) is 20.7. The fourth-order valence-electron chi connectivity index (χ4n) is 5.50. The lowest BCUT2D eigenvalue weighted by Crippen LogP contribution is -2.55. The van der Waals surface area contributed by atoms with Crippen molar-refractivity contribution in [1.29, 1.82) is 0 Å². The van der Waals surface area contributed by atoms with Crippen molar-refractivity contribution in [1.82, 2.24) is 25.3 Å². The average molecular weight is 592 g/mol. The van der Waals surface area contributed by atoms with E-state index in [0.717, 1.165) is 25.2 Å². The quantitative estimate of drug-likeness (QED) is 0.552. The molecule has 2 N–H and O–H groups in total. The molecule has 2 aromatic carbocycles. The molecule has 232 valence electrons. The maximum Gasteiger partial charge on any atom is 0.255 e. The molecule has 4 amide bonds. The third kappa shape index (κ3) is 8.34. The highest BCUT2D eigenvalue weighted by atomic mass is 16.5. The zero-order chi connectivity index (χ0) is 30.9. The molecule has 3 atom stereocenters. The Morgan fingerprint density at radius 1 is 0.953 bits per heavy atom. The molecule has 0 radical (unpaired) electrons. The standard InChI is InChI=1S/C33H45N5O5/c1-5-37-17-19-38(20-18-37)33(42)26-15-16-30(39)36(4)28(21-24-11-7-6-8-12-24)32(41)35-27(23(2)3)22-43-29-14-10-9-13-25(29)31(40)34-26/h6-14,23,26-28H,5,15-22H2,1-4H3,(H,34,40)(H,35,41)/t26-,27-,28-/m0/s1. The van der Waals surface area contributed by atoms with Crippen molar-refractivity contribution in [3.05, 3.63) is 65.7 Å². The number of carbonyl (C=O) groups is 4. The van der Waals surface area contributed by atoms with E-state index in [2.05, 4.69) is 22.5 Å². The van der Waals surface area contributed by atoms with E-state index in [1.54, 1.807) is 36.2 Å². The molecule has 0 saturated carbocycles. The number of hydrogen-bond acceptors (Lipinski definition) is 6. The lowest BCUT2D eigenvalue weighted by Gasteiger charge is -2.36. The number of likely N-dealkylation sites (N-methyl/N-ethyl adjacent to an activating group) is 2. The van der Waals surface area contributed by atoms with E-state index >= 15 is 0 Å². The van der Waals surface area contributed by atoms with Crippen LogP contribution in [0.25, 0.3) is 0 Å². The number of amides is 4. The number of nitrogens with one attached hydrogen (secondary N) is 2. The first-order valence-electron chi connectivity index (χ1n) is 15.3. The Kier molecular flexibility index (Phi) is 11.2. The number of nitrogens with zero attached hydrogens (tertiary/aromatic N) is 3. The molecule has 1 fully saturated rings. The zero-order valence-electron chi connectivity index (χ0n) is 25.8. The summed E-state index contributed by atoms with van der Waals surface area (Å²) in [5.74, 6) is -0.808. The van der Waals surface area contributed by atoms with Crippen LogP contribution in [0.1, 0.15) is 49.5 Å². The maximum atomic E-state index is 13.8. The second kappa shape index (κ2) is 15.0. The van der Waals surface area contributed by atoms with Crippen molar-refractivity contribution in [2.45, 2.75) is 58.2 Å². The van der Waals surface area contributed by atoms with Crippen LogP contribution in [0.3, 0.4) is 0 Å². The van der Waals surface area contributed by atoms with Gasteiger partial charge in [-0.1, -0.05) is 63.2 Å². The van der Waals surface area contributed by atoms with Gasteiger partial charge < -0.3 is 30.1 Å². The van der Waals surface area contributed by atoms with Gasteiger partial charge in [0, 0.05) is 46.1 Å². The molecular weight excluding hydrogens is 546 g/mol. The van der Waals surface area contributed by atoms with Crippen molar-refractivity contribution in [2.24, 2.45) is 5.92 Å². The summed E-state index contributed by atoms with van der Waals surface area (Å²) in [6.07, 6.45) is 0.440. The van der Waals surface area contributed by atoms with Crippen LogP contribution in [0.5, 0.6) is 5.75 Å². The third-order valence-corrected chi connectivity index (χ3v) is 8.50. The smallest absolute Gasteiger partial charge is 0.255 e. The van der Waals surface area contributed by atoms with Gasteiger partial charge >= 0.3 is 0 Å². The van der Waals surface area contributed by atoms with Gasteiger partial charge in [0.15, 0.2) is 0 Å². The summed E-state index contributed by atoms with van der Waals surface area (Å²) in [5.41, 5.74) is 1.23. The predicted octanol–water partition coefficient (Wildman–Crippen LogP) is 2.33. The lowest BCUT2D eigenvalue weighted by atomic mass is 10.0. The Morgan fingerprint density at radius 3 is 2.30 bits per heavy atom. The van der Waals surface area contributed by atoms with E-state index in [0.29, 0.717) is 30.8 Å². The molecule has 0 spiro atoms. The summed E-state index contributed by atoms with van der Waals surface area (Å²) < 4.78 is 6.14. The van der Waals surface area contributed by atoms with Crippen LogP contribution in [0, 0.1) is 5.92 Å². The molecule has 4 rings (SSSR count). The van der Waals surface area contributed by atoms with Crippen LogP contribution in [0.2, 0.25) is 0 Å². The monoisotopic (exact) mass is 591 g/mol. The minimum Gasteiger partial charge on any atom is -0.491 e. The van der Waals surface area contributed by atoms with Crippen LogP contribution in [0.15, 0.2) is 54.6 Å². The van der Waals surface area contributed by atoms with Crippen LogP contribution in [0.4, 0.5) is 0 Å². The summed E-state index contributed by atoms with van der Waals surface area (Å²) in [6, 6.07) is 14.4. The van der Waals surface area contributed by atoms with E-state index in [-0.39, 0.29) is 49.1 Å². The molecular formula is C33H45N5O5. The number of fused-ring (bicyclic) bond motifs is 1. The maximum absolute atomic E-state index is 13.8. The topological polar surface area (TPSA) is 111 Å². The predicted molar refractivity (Wildman–Crippen MR) is 165 cm³/mol.